The summed E-state index contributed by atoms with van der Waals surface area (Å²) in [5.41, 5.74) is 1.14. The maximum absolute atomic E-state index is 11.9. The number of esters is 1. The molecule has 0 bridgehead atoms. The third-order valence-corrected chi connectivity index (χ3v) is 5.77. The predicted octanol–water partition coefficient (Wildman–Crippen LogP) is 0.724. The molecule has 0 saturated carbocycles. The number of rotatable bonds is 6. The van der Waals surface area contributed by atoms with Crippen LogP contribution in [-0.4, -0.2) is 58.7 Å². The Morgan fingerprint density at radius 1 is 1.35 bits per heavy atom. The lowest BCUT2D eigenvalue weighted by molar-refractivity contribution is 0.0597. The molecule has 2 rings (SSSR count). The molecule has 144 valence electrons. The Bertz CT molecular complexity index is 777. The van der Waals surface area contributed by atoms with Gasteiger partial charge in [0.05, 0.1) is 32.3 Å². The van der Waals surface area contributed by atoms with Crippen LogP contribution in [0.25, 0.3) is 0 Å². The van der Waals surface area contributed by atoms with Gasteiger partial charge in [0.1, 0.15) is 11.3 Å². The summed E-state index contributed by atoms with van der Waals surface area (Å²) >= 11 is 0. The van der Waals surface area contributed by atoms with E-state index in [9.17, 15) is 13.2 Å². The Labute approximate surface area is 153 Å². The smallest absolute Gasteiger partial charge is 0.341 e. The number of benzene rings is 1. The predicted molar refractivity (Wildman–Crippen MR) is 99.3 cm³/mol. The summed E-state index contributed by atoms with van der Waals surface area (Å²) in [4.78, 5) is 16.3. The summed E-state index contributed by atoms with van der Waals surface area (Å²) in [6, 6.07) is 5.05. The third-order valence-electron chi connectivity index (χ3n) is 4.01. The highest BCUT2D eigenvalue weighted by Crippen LogP contribution is 2.21. The number of sulfone groups is 1. The van der Waals surface area contributed by atoms with E-state index in [0.717, 1.165) is 5.56 Å². The van der Waals surface area contributed by atoms with Crippen molar-refractivity contribution in [2.24, 2.45) is 4.99 Å². The van der Waals surface area contributed by atoms with E-state index in [1.54, 1.807) is 12.1 Å². The average molecular weight is 383 g/mol. The first-order valence-corrected chi connectivity index (χ1v) is 10.2. The molecule has 2 N–H and O–H groups in total. The molecule has 26 heavy (non-hydrogen) atoms. The van der Waals surface area contributed by atoms with Crippen LogP contribution in [0.4, 0.5) is 0 Å². The van der Waals surface area contributed by atoms with Crippen LogP contribution in [0.5, 0.6) is 5.75 Å². The molecule has 1 heterocycles. The second-order valence-corrected chi connectivity index (χ2v) is 8.19. The summed E-state index contributed by atoms with van der Waals surface area (Å²) in [5.74, 6) is 0.821. The van der Waals surface area contributed by atoms with Gasteiger partial charge >= 0.3 is 5.97 Å². The van der Waals surface area contributed by atoms with E-state index >= 15 is 0 Å². The van der Waals surface area contributed by atoms with Gasteiger partial charge in [-0.25, -0.2) is 18.2 Å². The van der Waals surface area contributed by atoms with Gasteiger partial charge in [-0.1, -0.05) is 6.07 Å². The molecule has 0 aliphatic carbocycles. The number of hydrogen-bond donors (Lipinski definition) is 2. The van der Waals surface area contributed by atoms with Crippen LogP contribution >= 0.6 is 0 Å². The molecule has 1 aliphatic heterocycles. The van der Waals surface area contributed by atoms with Crippen molar-refractivity contribution in [1.29, 1.82) is 0 Å². The first kappa shape index (κ1) is 20.0. The van der Waals surface area contributed by atoms with Crippen LogP contribution in [0.15, 0.2) is 23.2 Å². The van der Waals surface area contributed by atoms with Crippen molar-refractivity contribution in [2.75, 3.05) is 32.3 Å². The molecule has 1 atom stereocenters. The summed E-state index contributed by atoms with van der Waals surface area (Å²) in [6.45, 7) is 2.91. The van der Waals surface area contributed by atoms with Crippen LogP contribution in [0, 0.1) is 0 Å². The number of carbonyl (C=O) groups excluding carboxylic acids is 1. The SMILES string of the molecule is CCNC(=NCc1ccc(OC)c(C(=O)OC)c1)NC1CCS(=O)(=O)C1. The van der Waals surface area contributed by atoms with Gasteiger partial charge in [-0.2, -0.15) is 0 Å². The number of guanidine groups is 1. The Hall–Kier alpha value is -2.29. The first-order valence-electron chi connectivity index (χ1n) is 8.39. The molecule has 9 heteroatoms. The van der Waals surface area contributed by atoms with Crippen molar-refractivity contribution in [3.8, 4) is 5.75 Å². The van der Waals surface area contributed by atoms with Crippen molar-refractivity contribution in [1.82, 2.24) is 10.6 Å². The number of methoxy groups -OCH3 is 2. The highest BCUT2D eigenvalue weighted by atomic mass is 32.2. The fourth-order valence-corrected chi connectivity index (χ4v) is 4.39. The van der Waals surface area contributed by atoms with Crippen molar-refractivity contribution in [3.05, 3.63) is 29.3 Å². The van der Waals surface area contributed by atoms with E-state index in [1.165, 1.54) is 14.2 Å². The third kappa shape index (κ3) is 5.35. The van der Waals surface area contributed by atoms with Crippen LogP contribution < -0.4 is 15.4 Å². The van der Waals surface area contributed by atoms with E-state index in [-0.39, 0.29) is 17.5 Å². The minimum atomic E-state index is -2.96. The normalized spacial score (nSPS) is 19.0. The van der Waals surface area contributed by atoms with Crippen LogP contribution in [-0.2, 0) is 21.1 Å². The van der Waals surface area contributed by atoms with E-state index in [1.807, 2.05) is 13.0 Å². The van der Waals surface area contributed by atoms with Gasteiger partial charge in [0.2, 0.25) is 0 Å². The highest BCUT2D eigenvalue weighted by Gasteiger charge is 2.28. The maximum Gasteiger partial charge on any atom is 0.341 e. The number of carbonyl (C=O) groups is 1. The van der Waals surface area contributed by atoms with Gasteiger partial charge in [0, 0.05) is 12.6 Å². The zero-order chi connectivity index (χ0) is 19.2. The molecule has 0 spiro atoms. The van der Waals surface area contributed by atoms with Gasteiger partial charge in [-0.05, 0) is 31.0 Å². The first-order chi connectivity index (χ1) is 12.4. The molecule has 1 saturated heterocycles. The number of aliphatic imine (C=N–C) groups is 1. The Balaban J connectivity index is 2.12. The second-order valence-electron chi connectivity index (χ2n) is 5.97. The van der Waals surface area contributed by atoms with Crippen molar-refractivity contribution >= 4 is 21.8 Å². The largest absolute Gasteiger partial charge is 0.496 e. The molecule has 0 aromatic heterocycles. The summed E-state index contributed by atoms with van der Waals surface area (Å²) in [7, 11) is -0.156. The van der Waals surface area contributed by atoms with Crippen LogP contribution in [0.1, 0.15) is 29.3 Å². The Kier molecular flexibility index (Phi) is 6.84. The number of ether oxygens (including phenoxy) is 2. The summed E-state index contributed by atoms with van der Waals surface area (Å²) in [6.07, 6.45) is 0.571. The van der Waals surface area contributed by atoms with Crippen molar-refractivity contribution in [2.45, 2.75) is 25.9 Å². The van der Waals surface area contributed by atoms with Crippen LogP contribution in [0.3, 0.4) is 0 Å². The quantitative estimate of drug-likeness (QED) is 0.424. The molecule has 1 aromatic rings. The monoisotopic (exact) mass is 383 g/mol. The van der Waals surface area contributed by atoms with Gasteiger partial charge in [-0.15, -0.1) is 0 Å². The molecule has 1 aliphatic rings. The van der Waals surface area contributed by atoms with E-state index in [0.29, 0.717) is 36.8 Å². The molecule has 1 aromatic carbocycles. The van der Waals surface area contributed by atoms with E-state index < -0.39 is 15.8 Å². The molecular weight excluding hydrogens is 358 g/mol. The molecule has 0 radical (unpaired) electrons. The van der Waals surface area contributed by atoms with Crippen molar-refractivity contribution in [3.63, 3.8) is 0 Å². The summed E-state index contributed by atoms with van der Waals surface area (Å²) in [5, 5.41) is 6.26. The highest BCUT2D eigenvalue weighted by molar-refractivity contribution is 7.91. The Morgan fingerprint density at radius 3 is 2.69 bits per heavy atom. The number of nitrogens with zero attached hydrogens (tertiary/aromatic N) is 1. The standard InChI is InChI=1S/C17H25N3O5S/c1-4-18-17(20-13-7-8-26(22,23)11-13)19-10-12-5-6-15(24-2)14(9-12)16(21)25-3/h5-6,9,13H,4,7-8,10-11H2,1-3H3,(H2,18,19,20). The van der Waals surface area contributed by atoms with E-state index in [2.05, 4.69) is 15.6 Å². The zero-order valence-electron chi connectivity index (χ0n) is 15.2. The molecule has 8 nitrogen and oxygen atoms in total. The van der Waals surface area contributed by atoms with Gasteiger partial charge < -0.3 is 20.1 Å². The number of nitrogens with one attached hydrogen (secondary N) is 2. The summed E-state index contributed by atoms with van der Waals surface area (Å²) < 4.78 is 33.1. The lowest BCUT2D eigenvalue weighted by Gasteiger charge is -2.16. The molecule has 0 amide bonds. The zero-order valence-corrected chi connectivity index (χ0v) is 16.1. The molecule has 1 unspecified atom stereocenters. The second kappa shape index (κ2) is 8.88. The average Bonchev–Trinajstić information content (AvgIpc) is 2.97. The molecule has 1 fully saturated rings. The maximum atomic E-state index is 11.9. The number of hydrogen-bond acceptors (Lipinski definition) is 6. The van der Waals surface area contributed by atoms with Gasteiger partial charge in [-0.3, -0.25) is 0 Å². The fourth-order valence-electron chi connectivity index (χ4n) is 2.72. The molecular formula is C17H25N3O5S. The van der Waals surface area contributed by atoms with Gasteiger partial charge in [0.25, 0.3) is 0 Å². The van der Waals surface area contributed by atoms with E-state index in [4.69, 9.17) is 9.47 Å². The topological polar surface area (TPSA) is 106 Å². The van der Waals surface area contributed by atoms with Crippen molar-refractivity contribution < 1.29 is 22.7 Å². The lowest BCUT2D eigenvalue weighted by Crippen LogP contribution is -2.44. The van der Waals surface area contributed by atoms with Crippen LogP contribution in [0.2, 0.25) is 0 Å². The van der Waals surface area contributed by atoms with Gasteiger partial charge in [0.15, 0.2) is 15.8 Å². The minimum absolute atomic E-state index is 0.117. The Morgan fingerprint density at radius 2 is 2.12 bits per heavy atom. The minimum Gasteiger partial charge on any atom is -0.496 e. The lowest BCUT2D eigenvalue weighted by atomic mass is 10.1. The fraction of sp³-hybridized carbons (Fsp3) is 0.529.